The Balaban J connectivity index is 1.75. The zero-order valence-electron chi connectivity index (χ0n) is 11.5. The minimum Gasteiger partial charge on any atom is -0.455 e. The van der Waals surface area contributed by atoms with Crippen molar-refractivity contribution in [2.24, 2.45) is 5.73 Å². The SMILES string of the molecule is NCc1ccc(C(=O)NCc2cccc3ccccc23)o1. The lowest BCUT2D eigenvalue weighted by molar-refractivity contribution is 0.0921. The standard InChI is InChI=1S/C17H16N2O2/c18-10-14-8-9-16(21-14)17(20)19-11-13-6-3-5-12-4-1-2-7-15(12)13/h1-9H,10-11,18H2,(H,19,20). The van der Waals surface area contributed by atoms with Crippen LogP contribution in [0.4, 0.5) is 0 Å². The van der Waals surface area contributed by atoms with E-state index >= 15 is 0 Å². The third-order valence-corrected chi connectivity index (χ3v) is 3.41. The van der Waals surface area contributed by atoms with Crippen molar-refractivity contribution in [2.75, 3.05) is 0 Å². The van der Waals surface area contributed by atoms with Crippen molar-refractivity contribution in [1.29, 1.82) is 0 Å². The average Bonchev–Trinajstić information content (AvgIpc) is 3.01. The van der Waals surface area contributed by atoms with E-state index in [1.807, 2.05) is 24.3 Å². The number of hydrogen-bond acceptors (Lipinski definition) is 3. The van der Waals surface area contributed by atoms with Gasteiger partial charge in [-0.3, -0.25) is 4.79 Å². The second kappa shape index (κ2) is 5.81. The van der Waals surface area contributed by atoms with Gasteiger partial charge in [0, 0.05) is 6.54 Å². The summed E-state index contributed by atoms with van der Waals surface area (Å²) < 4.78 is 5.33. The lowest BCUT2D eigenvalue weighted by Gasteiger charge is -2.07. The molecule has 0 atom stereocenters. The van der Waals surface area contributed by atoms with Gasteiger partial charge in [-0.05, 0) is 28.5 Å². The third-order valence-electron chi connectivity index (χ3n) is 3.41. The first-order valence-corrected chi connectivity index (χ1v) is 6.81. The monoisotopic (exact) mass is 280 g/mol. The first-order chi connectivity index (χ1) is 10.3. The molecule has 3 rings (SSSR count). The number of nitrogens with one attached hydrogen (secondary N) is 1. The highest BCUT2D eigenvalue weighted by atomic mass is 16.4. The van der Waals surface area contributed by atoms with Crippen LogP contribution in [0.2, 0.25) is 0 Å². The first-order valence-electron chi connectivity index (χ1n) is 6.81. The quantitative estimate of drug-likeness (QED) is 0.772. The maximum atomic E-state index is 12.0. The van der Waals surface area contributed by atoms with Gasteiger partial charge in [0.2, 0.25) is 0 Å². The fraction of sp³-hybridized carbons (Fsp3) is 0.118. The number of amides is 1. The van der Waals surface area contributed by atoms with E-state index in [1.54, 1.807) is 12.1 Å². The Hall–Kier alpha value is -2.59. The minimum atomic E-state index is -0.234. The summed E-state index contributed by atoms with van der Waals surface area (Å²) in [6.07, 6.45) is 0. The molecule has 0 spiro atoms. The highest BCUT2D eigenvalue weighted by Crippen LogP contribution is 2.18. The Labute approximate surface area is 122 Å². The van der Waals surface area contributed by atoms with E-state index in [0.29, 0.717) is 12.3 Å². The number of carbonyl (C=O) groups is 1. The van der Waals surface area contributed by atoms with Crippen LogP contribution in [-0.4, -0.2) is 5.91 Å². The van der Waals surface area contributed by atoms with Crippen molar-refractivity contribution in [3.63, 3.8) is 0 Å². The van der Waals surface area contributed by atoms with Gasteiger partial charge in [0.25, 0.3) is 5.91 Å². The number of carbonyl (C=O) groups excluding carboxylic acids is 1. The number of nitrogens with two attached hydrogens (primary N) is 1. The molecule has 2 aromatic carbocycles. The summed E-state index contributed by atoms with van der Waals surface area (Å²) in [4.78, 5) is 12.0. The van der Waals surface area contributed by atoms with Crippen LogP contribution < -0.4 is 11.1 Å². The number of fused-ring (bicyclic) bond motifs is 1. The predicted octanol–water partition coefficient (Wildman–Crippen LogP) is 2.82. The second-order valence-corrected chi connectivity index (χ2v) is 4.79. The molecule has 0 bridgehead atoms. The smallest absolute Gasteiger partial charge is 0.287 e. The molecule has 0 radical (unpaired) electrons. The summed E-state index contributed by atoms with van der Waals surface area (Å²) in [6.45, 7) is 0.745. The van der Waals surface area contributed by atoms with E-state index in [4.69, 9.17) is 10.2 Å². The van der Waals surface area contributed by atoms with Crippen molar-refractivity contribution < 1.29 is 9.21 Å². The van der Waals surface area contributed by atoms with Crippen LogP contribution in [0.15, 0.2) is 59.0 Å². The first kappa shape index (κ1) is 13.4. The van der Waals surface area contributed by atoms with Crippen LogP contribution in [0.3, 0.4) is 0 Å². The van der Waals surface area contributed by atoms with Crippen LogP contribution in [-0.2, 0) is 13.1 Å². The zero-order chi connectivity index (χ0) is 14.7. The van der Waals surface area contributed by atoms with Crippen molar-refractivity contribution in [3.05, 3.63) is 71.7 Å². The molecule has 0 aliphatic carbocycles. The largest absolute Gasteiger partial charge is 0.455 e. The highest BCUT2D eigenvalue weighted by Gasteiger charge is 2.10. The predicted molar refractivity (Wildman–Crippen MR) is 81.7 cm³/mol. The van der Waals surface area contributed by atoms with Crippen molar-refractivity contribution in [3.8, 4) is 0 Å². The zero-order valence-corrected chi connectivity index (χ0v) is 11.5. The molecule has 4 nitrogen and oxygen atoms in total. The average molecular weight is 280 g/mol. The molecule has 0 aliphatic rings. The minimum absolute atomic E-state index is 0.234. The molecular weight excluding hydrogens is 264 g/mol. The maximum absolute atomic E-state index is 12.0. The molecule has 4 heteroatoms. The topological polar surface area (TPSA) is 68.3 Å². The third kappa shape index (κ3) is 2.80. The summed E-state index contributed by atoms with van der Waals surface area (Å²) in [5, 5.41) is 5.17. The van der Waals surface area contributed by atoms with E-state index < -0.39 is 0 Å². The summed E-state index contributed by atoms with van der Waals surface area (Å²) in [6, 6.07) is 17.5. The van der Waals surface area contributed by atoms with Gasteiger partial charge in [-0.2, -0.15) is 0 Å². The van der Waals surface area contributed by atoms with E-state index in [0.717, 1.165) is 16.3 Å². The van der Waals surface area contributed by atoms with Gasteiger partial charge in [0.05, 0.1) is 6.54 Å². The maximum Gasteiger partial charge on any atom is 0.287 e. The van der Waals surface area contributed by atoms with Crippen LogP contribution in [0.5, 0.6) is 0 Å². The second-order valence-electron chi connectivity index (χ2n) is 4.79. The summed E-state index contributed by atoms with van der Waals surface area (Å²) >= 11 is 0. The van der Waals surface area contributed by atoms with Gasteiger partial charge in [0.1, 0.15) is 5.76 Å². The van der Waals surface area contributed by atoms with Crippen molar-refractivity contribution in [2.45, 2.75) is 13.1 Å². The van der Waals surface area contributed by atoms with E-state index in [2.05, 4.69) is 23.5 Å². The molecule has 1 aromatic heterocycles. The number of benzene rings is 2. The number of rotatable bonds is 4. The molecule has 0 aliphatic heterocycles. The lowest BCUT2D eigenvalue weighted by atomic mass is 10.0. The van der Waals surface area contributed by atoms with Crippen molar-refractivity contribution >= 4 is 16.7 Å². The van der Waals surface area contributed by atoms with Gasteiger partial charge < -0.3 is 15.5 Å². The van der Waals surface area contributed by atoms with Gasteiger partial charge >= 0.3 is 0 Å². The number of furan rings is 1. The Morgan fingerprint density at radius 2 is 1.86 bits per heavy atom. The molecule has 0 unspecified atom stereocenters. The summed E-state index contributed by atoms with van der Waals surface area (Å²) in [7, 11) is 0. The van der Waals surface area contributed by atoms with Crippen LogP contribution in [0.25, 0.3) is 10.8 Å². The molecule has 106 valence electrons. The van der Waals surface area contributed by atoms with Crippen LogP contribution in [0, 0.1) is 0 Å². The van der Waals surface area contributed by atoms with Crippen LogP contribution >= 0.6 is 0 Å². The van der Waals surface area contributed by atoms with Gasteiger partial charge in [-0.25, -0.2) is 0 Å². The molecule has 1 amide bonds. The fourth-order valence-electron chi connectivity index (χ4n) is 2.32. The number of hydrogen-bond donors (Lipinski definition) is 2. The van der Waals surface area contributed by atoms with E-state index in [9.17, 15) is 4.79 Å². The molecule has 21 heavy (non-hydrogen) atoms. The van der Waals surface area contributed by atoms with Crippen molar-refractivity contribution in [1.82, 2.24) is 5.32 Å². The molecule has 0 saturated carbocycles. The molecule has 3 aromatic rings. The van der Waals surface area contributed by atoms with E-state index in [1.165, 1.54) is 0 Å². The molecule has 3 N–H and O–H groups in total. The molecule has 1 heterocycles. The van der Waals surface area contributed by atoms with Crippen LogP contribution in [0.1, 0.15) is 21.9 Å². The molecular formula is C17H16N2O2. The Morgan fingerprint density at radius 1 is 1.05 bits per heavy atom. The van der Waals surface area contributed by atoms with Gasteiger partial charge in [-0.1, -0.05) is 42.5 Å². The summed E-state index contributed by atoms with van der Waals surface area (Å²) in [5.41, 5.74) is 6.54. The molecule has 0 saturated heterocycles. The van der Waals surface area contributed by atoms with Gasteiger partial charge in [-0.15, -0.1) is 0 Å². The molecule has 0 fully saturated rings. The van der Waals surface area contributed by atoms with Gasteiger partial charge in [0.15, 0.2) is 5.76 Å². The Morgan fingerprint density at radius 3 is 2.67 bits per heavy atom. The fourth-order valence-corrected chi connectivity index (χ4v) is 2.32. The Kier molecular flexibility index (Phi) is 3.71. The lowest BCUT2D eigenvalue weighted by Crippen LogP contribution is -2.22. The highest BCUT2D eigenvalue weighted by molar-refractivity contribution is 5.92. The normalized spacial score (nSPS) is 10.7. The van der Waals surface area contributed by atoms with E-state index in [-0.39, 0.29) is 18.2 Å². The summed E-state index contributed by atoms with van der Waals surface area (Å²) in [5.74, 6) is 0.656. The Bertz CT molecular complexity index is 772.